The van der Waals surface area contributed by atoms with Crippen LogP contribution < -0.4 is 59.1 Å². The predicted molar refractivity (Wildman–Crippen MR) is 91.6 cm³/mol. The monoisotopic (exact) mass is 416 g/mol. The van der Waals surface area contributed by atoms with E-state index in [1.54, 1.807) is 0 Å². The maximum atomic E-state index is 11.5. The van der Waals surface area contributed by atoms with Crippen molar-refractivity contribution in [1.82, 2.24) is 0 Å². The van der Waals surface area contributed by atoms with Gasteiger partial charge >= 0.3 is 59.1 Å². The molecule has 0 aliphatic rings. The fourth-order valence-electron chi connectivity index (χ4n) is 1.94. The van der Waals surface area contributed by atoms with Crippen LogP contribution in [0.25, 0.3) is 0 Å². The van der Waals surface area contributed by atoms with Crippen molar-refractivity contribution < 1.29 is 86.0 Å². The largest absolute Gasteiger partial charge is 1.00 e. The third-order valence-corrected chi connectivity index (χ3v) is 4.61. The molecule has 0 aliphatic heterocycles. The zero-order valence-corrected chi connectivity index (χ0v) is 21.6. The van der Waals surface area contributed by atoms with E-state index in [1.165, 1.54) is 51.4 Å². The quantitative estimate of drug-likeness (QED) is 0.147. The molecule has 140 valence electrons. The fourth-order valence-corrected chi connectivity index (χ4v) is 2.84. The summed E-state index contributed by atoms with van der Waals surface area (Å²) in [6.07, 6.45) is 12.9. The Morgan fingerprint density at radius 3 is 1.56 bits per heavy atom. The average Bonchev–Trinajstić information content (AvgIpc) is 2.46. The molecule has 0 radical (unpaired) electrons. The molecule has 0 saturated heterocycles. The van der Waals surface area contributed by atoms with Crippen LogP contribution in [0, 0.1) is 0 Å². The Morgan fingerprint density at radius 2 is 1.24 bits per heavy atom. The number of hydrogen-bond donors (Lipinski definition) is 1. The summed E-state index contributed by atoms with van der Waals surface area (Å²) in [4.78, 5) is 0.464. The van der Waals surface area contributed by atoms with Gasteiger partial charge in [-0.15, -0.1) is 0 Å². The molecule has 6 nitrogen and oxygen atoms in total. The minimum Gasteiger partial charge on any atom is -0.759 e. The Labute approximate surface area is 200 Å². The Bertz CT molecular complexity index is 408. The number of aliphatic hydroxyl groups is 1. The molecule has 0 bridgehead atoms. The van der Waals surface area contributed by atoms with Gasteiger partial charge in [-0.3, -0.25) is 12.6 Å². The molecule has 0 aromatic heterocycles. The van der Waals surface area contributed by atoms with E-state index in [0.29, 0.717) is 10.7 Å². The smallest absolute Gasteiger partial charge is 0.759 e. The third kappa shape index (κ3) is 37.2. The molecular formula is C15H30Na2O6S2. The van der Waals surface area contributed by atoms with E-state index in [9.17, 15) is 4.21 Å². The van der Waals surface area contributed by atoms with Crippen molar-refractivity contribution >= 4 is 21.2 Å². The van der Waals surface area contributed by atoms with Crippen molar-refractivity contribution in [2.75, 3.05) is 12.4 Å². The van der Waals surface area contributed by atoms with E-state index in [2.05, 4.69) is 13.5 Å². The second-order valence-corrected chi connectivity index (χ2v) is 7.83. The van der Waals surface area contributed by atoms with Crippen molar-refractivity contribution in [2.24, 2.45) is 0 Å². The molecule has 0 rings (SSSR count). The van der Waals surface area contributed by atoms with Gasteiger partial charge in [0.25, 0.3) is 0 Å². The Morgan fingerprint density at radius 1 is 0.920 bits per heavy atom. The van der Waals surface area contributed by atoms with Crippen LogP contribution >= 0.6 is 0 Å². The summed E-state index contributed by atoms with van der Waals surface area (Å²) in [7, 11) is -6.19. The molecule has 0 aromatic rings. The van der Waals surface area contributed by atoms with Crippen LogP contribution in [0.2, 0.25) is 0 Å². The molecule has 0 aromatic carbocycles. The molecule has 0 spiro atoms. The topological polar surface area (TPSA) is 118 Å². The molecule has 0 aliphatic carbocycles. The van der Waals surface area contributed by atoms with Gasteiger partial charge in [0.05, 0.1) is 17.4 Å². The minimum absolute atomic E-state index is 0. The first-order valence-electron chi connectivity index (χ1n) is 8.06. The number of unbranched alkanes of at least 4 members (excludes halogenated alkanes) is 9. The van der Waals surface area contributed by atoms with Gasteiger partial charge in [0.1, 0.15) is 0 Å². The van der Waals surface area contributed by atoms with Gasteiger partial charge in [0.2, 0.25) is 0 Å². The SMILES string of the molecule is C=C(CO)S(=O)CCCCCCCCCCCC.O=S(=O)([O-])[O-].[Na+].[Na+]. The molecule has 25 heavy (non-hydrogen) atoms. The van der Waals surface area contributed by atoms with Gasteiger partial charge in [-0.25, -0.2) is 0 Å². The van der Waals surface area contributed by atoms with Crippen LogP contribution in [0.3, 0.4) is 0 Å². The summed E-state index contributed by atoms with van der Waals surface area (Å²) >= 11 is 0. The van der Waals surface area contributed by atoms with Gasteiger partial charge < -0.3 is 14.2 Å². The van der Waals surface area contributed by atoms with Gasteiger partial charge in [-0.1, -0.05) is 71.3 Å². The summed E-state index contributed by atoms with van der Waals surface area (Å²) in [5, 5.41) is 8.77. The van der Waals surface area contributed by atoms with Gasteiger partial charge in [-0.2, -0.15) is 0 Å². The average molecular weight is 417 g/mol. The van der Waals surface area contributed by atoms with Crippen LogP contribution in [0.4, 0.5) is 0 Å². The van der Waals surface area contributed by atoms with E-state index < -0.39 is 21.2 Å². The maximum absolute atomic E-state index is 11.5. The zero-order valence-electron chi connectivity index (χ0n) is 16.0. The minimum atomic E-state index is -5.17. The molecule has 10 heteroatoms. The van der Waals surface area contributed by atoms with Gasteiger partial charge in [0.15, 0.2) is 0 Å². The number of hydrogen-bond acceptors (Lipinski definition) is 6. The normalized spacial score (nSPS) is 11.4. The molecule has 1 atom stereocenters. The van der Waals surface area contributed by atoms with Crippen molar-refractivity contribution in [3.05, 3.63) is 11.5 Å². The summed E-state index contributed by atoms with van der Waals surface area (Å²) in [6, 6.07) is 0. The zero-order chi connectivity index (χ0) is 18.1. The summed E-state index contributed by atoms with van der Waals surface area (Å²) in [6.45, 7) is 5.68. The van der Waals surface area contributed by atoms with E-state index in [-0.39, 0.29) is 65.7 Å². The van der Waals surface area contributed by atoms with Crippen molar-refractivity contribution in [1.29, 1.82) is 0 Å². The third-order valence-electron chi connectivity index (χ3n) is 3.18. The predicted octanol–water partition coefficient (Wildman–Crippen LogP) is -3.17. The molecular weight excluding hydrogens is 386 g/mol. The molecule has 1 N–H and O–H groups in total. The number of aliphatic hydroxyl groups excluding tert-OH is 1. The maximum Gasteiger partial charge on any atom is 1.00 e. The summed E-state index contributed by atoms with van der Waals surface area (Å²) in [5.74, 6) is 0.663. The Balaban J connectivity index is -0.000000276. The Hall–Kier alpha value is 1.72. The molecule has 0 saturated carbocycles. The second kappa shape index (κ2) is 23.8. The molecule has 0 fully saturated rings. The number of rotatable bonds is 13. The fraction of sp³-hybridized carbons (Fsp3) is 0.867. The van der Waals surface area contributed by atoms with E-state index in [4.69, 9.17) is 22.6 Å². The van der Waals surface area contributed by atoms with Crippen LogP contribution in [0.1, 0.15) is 71.1 Å². The van der Waals surface area contributed by atoms with Crippen molar-refractivity contribution in [3.8, 4) is 0 Å². The van der Waals surface area contributed by atoms with E-state index in [0.717, 1.165) is 12.8 Å². The summed E-state index contributed by atoms with van der Waals surface area (Å²) in [5.41, 5.74) is 0. The standard InChI is InChI=1S/C15H30O2S.2Na.H2O4S/c1-3-4-5-6-7-8-9-10-11-12-13-18(17)15(2)14-16;;;1-5(2,3)4/h16H,2-14H2,1H3;;;(H2,1,2,3,4)/q;2*+1;/p-2. The van der Waals surface area contributed by atoms with Crippen LogP contribution in [-0.4, -0.2) is 39.2 Å². The van der Waals surface area contributed by atoms with E-state index >= 15 is 0 Å². The Kier molecular flexibility index (Phi) is 32.5. The molecule has 0 heterocycles. The van der Waals surface area contributed by atoms with Crippen LogP contribution in [0.15, 0.2) is 11.5 Å². The van der Waals surface area contributed by atoms with Crippen molar-refractivity contribution in [3.63, 3.8) is 0 Å². The summed E-state index contributed by atoms with van der Waals surface area (Å²) < 4.78 is 45.5. The van der Waals surface area contributed by atoms with E-state index in [1.807, 2.05) is 0 Å². The first-order chi connectivity index (χ1) is 10.7. The second-order valence-electron chi connectivity index (χ2n) is 5.34. The van der Waals surface area contributed by atoms with Crippen molar-refractivity contribution in [2.45, 2.75) is 71.1 Å². The van der Waals surface area contributed by atoms with Gasteiger partial charge in [-0.05, 0) is 6.42 Å². The molecule has 1 unspecified atom stereocenters. The van der Waals surface area contributed by atoms with Crippen LogP contribution in [-0.2, 0) is 21.2 Å². The first kappa shape index (κ1) is 34.2. The van der Waals surface area contributed by atoms with Gasteiger partial charge in [0, 0.05) is 21.1 Å². The first-order valence-corrected chi connectivity index (χ1v) is 10.7. The van der Waals surface area contributed by atoms with Crippen LogP contribution in [0.5, 0.6) is 0 Å². The molecule has 0 amide bonds.